The second-order valence-electron chi connectivity index (χ2n) is 6.17. The van der Waals surface area contributed by atoms with Crippen LogP contribution in [-0.4, -0.2) is 15.5 Å². The van der Waals surface area contributed by atoms with E-state index in [-0.39, 0.29) is 18.5 Å². The molecule has 3 rings (SSSR count). The van der Waals surface area contributed by atoms with Gasteiger partial charge in [-0.3, -0.25) is 4.79 Å². The lowest BCUT2D eigenvalue weighted by Crippen LogP contribution is -2.31. The molecule has 1 atom stereocenters. The molecule has 24 heavy (non-hydrogen) atoms. The Morgan fingerprint density at radius 2 is 1.83 bits per heavy atom. The van der Waals surface area contributed by atoms with E-state index in [9.17, 15) is 4.79 Å². The molecule has 1 amide bonds. The summed E-state index contributed by atoms with van der Waals surface area (Å²) in [6.07, 6.45) is 0.860. The van der Waals surface area contributed by atoms with Crippen molar-refractivity contribution in [1.82, 2.24) is 14.9 Å². The molecule has 0 aliphatic rings. The number of carbonyl (C=O) groups excluding carboxylic acids is 1. The van der Waals surface area contributed by atoms with Gasteiger partial charge in [-0.15, -0.1) is 0 Å². The number of hydrogen-bond acceptors (Lipinski definition) is 2. The third kappa shape index (κ3) is 3.32. The van der Waals surface area contributed by atoms with Crippen LogP contribution in [-0.2, 0) is 11.3 Å². The predicted molar refractivity (Wildman–Crippen MR) is 96.8 cm³/mol. The molecule has 1 N–H and O–H groups in total. The number of rotatable bonds is 5. The predicted octanol–water partition coefficient (Wildman–Crippen LogP) is 3.92. The van der Waals surface area contributed by atoms with Crippen LogP contribution in [0.5, 0.6) is 0 Å². The van der Waals surface area contributed by atoms with Gasteiger partial charge in [0.25, 0.3) is 0 Å². The van der Waals surface area contributed by atoms with E-state index >= 15 is 0 Å². The number of hydrogen-bond donors (Lipinski definition) is 1. The maximum absolute atomic E-state index is 12.6. The summed E-state index contributed by atoms with van der Waals surface area (Å²) < 4.78 is 1.96. The van der Waals surface area contributed by atoms with Gasteiger partial charge in [-0.25, -0.2) is 4.98 Å². The first-order chi connectivity index (χ1) is 11.6. The Morgan fingerprint density at radius 3 is 2.54 bits per heavy atom. The number of fused-ring (bicyclic) bond motifs is 1. The standard InChI is InChI=1S/C20H23N3O/c1-4-17(16-11-9-14(2)10-12-16)22-20(24)13-23-15(3)21-18-7-5-6-8-19(18)23/h5-12,17H,4,13H2,1-3H3,(H,22,24)/t17-/m0/s1. The monoisotopic (exact) mass is 321 g/mol. The highest BCUT2D eigenvalue weighted by Crippen LogP contribution is 2.18. The van der Waals surface area contributed by atoms with Crippen molar-refractivity contribution in [1.29, 1.82) is 0 Å². The maximum atomic E-state index is 12.6. The van der Waals surface area contributed by atoms with Gasteiger partial charge in [-0.2, -0.15) is 0 Å². The SMILES string of the molecule is CC[C@H](NC(=O)Cn1c(C)nc2ccccc21)c1ccc(C)cc1. The highest BCUT2D eigenvalue weighted by molar-refractivity contribution is 5.81. The van der Waals surface area contributed by atoms with Gasteiger partial charge in [0.05, 0.1) is 17.1 Å². The van der Waals surface area contributed by atoms with E-state index in [0.29, 0.717) is 0 Å². The van der Waals surface area contributed by atoms with Crippen molar-refractivity contribution >= 4 is 16.9 Å². The smallest absolute Gasteiger partial charge is 0.240 e. The van der Waals surface area contributed by atoms with Crippen molar-refractivity contribution in [2.45, 2.75) is 39.8 Å². The van der Waals surface area contributed by atoms with Crippen molar-refractivity contribution in [3.05, 3.63) is 65.5 Å². The first-order valence-corrected chi connectivity index (χ1v) is 8.36. The Hall–Kier alpha value is -2.62. The van der Waals surface area contributed by atoms with E-state index in [1.165, 1.54) is 5.56 Å². The van der Waals surface area contributed by atoms with E-state index in [1.807, 2.05) is 35.8 Å². The fraction of sp³-hybridized carbons (Fsp3) is 0.300. The zero-order valence-corrected chi connectivity index (χ0v) is 14.4. The van der Waals surface area contributed by atoms with E-state index in [2.05, 4.69) is 48.4 Å². The molecule has 0 unspecified atom stereocenters. The molecule has 3 aromatic rings. The highest BCUT2D eigenvalue weighted by Gasteiger charge is 2.15. The lowest BCUT2D eigenvalue weighted by Gasteiger charge is -2.18. The molecular weight excluding hydrogens is 298 g/mol. The Bertz CT molecular complexity index is 849. The maximum Gasteiger partial charge on any atom is 0.240 e. The van der Waals surface area contributed by atoms with Gasteiger partial charge >= 0.3 is 0 Å². The van der Waals surface area contributed by atoms with E-state index in [4.69, 9.17) is 0 Å². The largest absolute Gasteiger partial charge is 0.348 e. The normalized spacial score (nSPS) is 12.3. The number of carbonyl (C=O) groups is 1. The number of amides is 1. The van der Waals surface area contributed by atoms with Crippen LogP contribution in [0.3, 0.4) is 0 Å². The Morgan fingerprint density at radius 1 is 1.12 bits per heavy atom. The fourth-order valence-corrected chi connectivity index (χ4v) is 3.00. The number of aryl methyl sites for hydroxylation is 2. The van der Waals surface area contributed by atoms with Gasteiger partial charge in [0.15, 0.2) is 0 Å². The minimum Gasteiger partial charge on any atom is -0.348 e. The summed E-state index contributed by atoms with van der Waals surface area (Å²) in [5, 5.41) is 3.15. The first kappa shape index (κ1) is 16.2. The Labute approximate surface area is 142 Å². The second-order valence-corrected chi connectivity index (χ2v) is 6.17. The van der Waals surface area contributed by atoms with Crippen molar-refractivity contribution < 1.29 is 4.79 Å². The minimum atomic E-state index is 0.00804. The van der Waals surface area contributed by atoms with Gasteiger partial charge in [0, 0.05) is 0 Å². The molecule has 2 aromatic carbocycles. The zero-order valence-electron chi connectivity index (χ0n) is 14.4. The van der Waals surface area contributed by atoms with E-state index in [1.54, 1.807) is 0 Å². The molecule has 0 bridgehead atoms. The van der Waals surface area contributed by atoms with Crippen molar-refractivity contribution in [3.8, 4) is 0 Å². The highest BCUT2D eigenvalue weighted by atomic mass is 16.2. The molecule has 1 aromatic heterocycles. The molecule has 0 saturated heterocycles. The summed E-state index contributed by atoms with van der Waals surface area (Å²) >= 11 is 0. The minimum absolute atomic E-state index is 0.00804. The molecular formula is C20H23N3O. The number of nitrogens with one attached hydrogen (secondary N) is 1. The van der Waals surface area contributed by atoms with Crippen molar-refractivity contribution in [2.75, 3.05) is 0 Å². The first-order valence-electron chi connectivity index (χ1n) is 8.36. The molecule has 0 spiro atoms. The van der Waals surface area contributed by atoms with Crippen LogP contribution in [0, 0.1) is 13.8 Å². The topological polar surface area (TPSA) is 46.9 Å². The van der Waals surface area contributed by atoms with E-state index in [0.717, 1.165) is 28.8 Å². The molecule has 4 heteroatoms. The molecule has 0 aliphatic heterocycles. The van der Waals surface area contributed by atoms with Crippen LogP contribution < -0.4 is 5.32 Å². The van der Waals surface area contributed by atoms with Crippen LogP contribution in [0.1, 0.15) is 36.3 Å². The zero-order chi connectivity index (χ0) is 17.1. The lowest BCUT2D eigenvalue weighted by atomic mass is 10.0. The van der Waals surface area contributed by atoms with Crippen LogP contribution in [0.4, 0.5) is 0 Å². The summed E-state index contributed by atoms with van der Waals surface area (Å²) in [5.41, 5.74) is 4.28. The number of nitrogens with zero attached hydrogens (tertiary/aromatic N) is 2. The quantitative estimate of drug-likeness (QED) is 0.774. The average Bonchev–Trinajstić information content (AvgIpc) is 2.89. The van der Waals surface area contributed by atoms with Gasteiger partial charge in [-0.05, 0) is 38.0 Å². The molecule has 124 valence electrons. The molecule has 0 radical (unpaired) electrons. The average molecular weight is 321 g/mol. The summed E-state index contributed by atoms with van der Waals surface area (Å²) in [4.78, 5) is 17.1. The van der Waals surface area contributed by atoms with Crippen molar-refractivity contribution in [2.24, 2.45) is 0 Å². The molecule has 0 saturated carbocycles. The summed E-state index contributed by atoms with van der Waals surface area (Å²) in [7, 11) is 0. The van der Waals surface area contributed by atoms with Crippen LogP contribution in [0.2, 0.25) is 0 Å². The third-order valence-corrected chi connectivity index (χ3v) is 4.37. The Kier molecular flexibility index (Phi) is 4.65. The molecule has 4 nitrogen and oxygen atoms in total. The second kappa shape index (κ2) is 6.87. The summed E-state index contributed by atoms with van der Waals surface area (Å²) in [6, 6.07) is 16.3. The van der Waals surface area contributed by atoms with E-state index < -0.39 is 0 Å². The number of aromatic nitrogens is 2. The van der Waals surface area contributed by atoms with Crippen molar-refractivity contribution in [3.63, 3.8) is 0 Å². The van der Waals surface area contributed by atoms with Crippen LogP contribution in [0.25, 0.3) is 11.0 Å². The summed E-state index contributed by atoms with van der Waals surface area (Å²) in [6.45, 7) is 6.37. The van der Waals surface area contributed by atoms with Crippen LogP contribution >= 0.6 is 0 Å². The van der Waals surface area contributed by atoms with Gasteiger partial charge in [0.1, 0.15) is 12.4 Å². The fourth-order valence-electron chi connectivity index (χ4n) is 3.00. The van der Waals surface area contributed by atoms with Gasteiger partial charge < -0.3 is 9.88 Å². The summed E-state index contributed by atoms with van der Waals surface area (Å²) in [5.74, 6) is 0.864. The lowest BCUT2D eigenvalue weighted by molar-refractivity contribution is -0.122. The molecule has 0 fully saturated rings. The number of para-hydroxylation sites is 2. The number of imidazole rings is 1. The van der Waals surface area contributed by atoms with Crippen LogP contribution in [0.15, 0.2) is 48.5 Å². The molecule has 1 heterocycles. The third-order valence-electron chi connectivity index (χ3n) is 4.37. The molecule has 0 aliphatic carbocycles. The van der Waals surface area contributed by atoms with Gasteiger partial charge in [0.2, 0.25) is 5.91 Å². The number of benzene rings is 2. The van der Waals surface area contributed by atoms with Gasteiger partial charge in [-0.1, -0.05) is 48.9 Å². The Balaban J connectivity index is 1.76.